The second-order valence-electron chi connectivity index (χ2n) is 6.23. The summed E-state index contributed by atoms with van der Waals surface area (Å²) in [5.74, 6) is -0.151. The summed E-state index contributed by atoms with van der Waals surface area (Å²) in [7, 11) is 1.60. The molecule has 4 nitrogen and oxygen atoms in total. The minimum Gasteiger partial charge on any atom is -0.497 e. The van der Waals surface area contributed by atoms with Crippen LogP contribution < -0.4 is 4.74 Å². The fourth-order valence-electron chi connectivity index (χ4n) is 3.29. The van der Waals surface area contributed by atoms with Crippen LogP contribution in [0.1, 0.15) is 23.2 Å². The quantitative estimate of drug-likeness (QED) is 0.657. The molecule has 134 valence electrons. The number of fused-ring (bicyclic) bond motifs is 1. The minimum absolute atomic E-state index is 0.0379. The monoisotopic (exact) mass is 367 g/mol. The van der Waals surface area contributed by atoms with Gasteiger partial charge in [0.1, 0.15) is 5.75 Å². The zero-order valence-electron chi connectivity index (χ0n) is 14.9. The summed E-state index contributed by atoms with van der Waals surface area (Å²) in [5, 5.41) is 10.2. The molecular formula is C21H21NO3S. The van der Waals surface area contributed by atoms with Gasteiger partial charge >= 0.3 is 5.97 Å². The molecule has 5 heteroatoms. The predicted molar refractivity (Wildman–Crippen MR) is 107 cm³/mol. The van der Waals surface area contributed by atoms with Crippen molar-refractivity contribution >= 4 is 34.1 Å². The molecule has 1 N–H and O–H groups in total. The molecule has 1 heterocycles. The Morgan fingerprint density at radius 2 is 1.92 bits per heavy atom. The third kappa shape index (κ3) is 3.63. The lowest BCUT2D eigenvalue weighted by atomic mass is 10.1. The molecule has 0 unspecified atom stereocenters. The van der Waals surface area contributed by atoms with E-state index in [9.17, 15) is 9.90 Å². The molecular weight excluding hydrogens is 346 g/mol. The second kappa shape index (κ2) is 7.70. The van der Waals surface area contributed by atoms with Gasteiger partial charge in [-0.25, -0.2) is 0 Å². The van der Waals surface area contributed by atoms with Crippen LogP contribution in [0.3, 0.4) is 0 Å². The number of methoxy groups -OCH3 is 1. The topological polar surface area (TPSA) is 51.5 Å². The zero-order chi connectivity index (χ0) is 18.7. The van der Waals surface area contributed by atoms with Gasteiger partial charge < -0.3 is 14.4 Å². The lowest BCUT2D eigenvalue weighted by molar-refractivity contribution is -0.136. The number of aliphatic carboxylic acids is 1. The number of carboxylic acids is 1. The lowest BCUT2D eigenvalue weighted by Crippen LogP contribution is -2.12. The summed E-state index contributed by atoms with van der Waals surface area (Å²) in [5.41, 5.74) is 3.83. The Kier molecular flexibility index (Phi) is 5.38. The Balaban J connectivity index is 2.00. The summed E-state index contributed by atoms with van der Waals surface area (Å²) in [6.07, 6.45) is 1.54. The van der Waals surface area contributed by atoms with E-state index >= 15 is 0 Å². The standard InChI is InChI=1S/C21H21NO3S/c1-14-17(13-21(23)24)18-12-16(25-2)9-10-19(18)22(14)20(26)11-8-15-6-4-3-5-7-15/h3-7,9-10,12H,8,11,13H2,1-2H3,(H,23,24). The molecule has 0 radical (unpaired) electrons. The zero-order valence-corrected chi connectivity index (χ0v) is 15.7. The molecule has 0 spiro atoms. The van der Waals surface area contributed by atoms with Gasteiger partial charge in [-0.05, 0) is 42.7 Å². The van der Waals surface area contributed by atoms with Gasteiger partial charge in [-0.3, -0.25) is 4.79 Å². The van der Waals surface area contributed by atoms with E-state index in [2.05, 4.69) is 12.1 Å². The predicted octanol–water partition coefficient (Wildman–Crippen LogP) is 4.39. The Morgan fingerprint density at radius 1 is 1.19 bits per heavy atom. The van der Waals surface area contributed by atoms with Crippen molar-refractivity contribution in [1.82, 2.24) is 4.57 Å². The molecule has 0 saturated heterocycles. The number of ether oxygens (including phenoxy) is 1. The van der Waals surface area contributed by atoms with Crippen LogP contribution in [-0.2, 0) is 17.6 Å². The van der Waals surface area contributed by atoms with E-state index in [1.807, 2.05) is 47.9 Å². The molecule has 0 atom stereocenters. The lowest BCUT2D eigenvalue weighted by Gasteiger charge is -2.11. The highest BCUT2D eigenvalue weighted by Crippen LogP contribution is 2.30. The van der Waals surface area contributed by atoms with Crippen LogP contribution in [0.15, 0.2) is 48.5 Å². The minimum atomic E-state index is -0.856. The molecule has 0 amide bonds. The molecule has 1 aromatic heterocycles. The number of carbonyl (C=O) groups is 1. The van der Waals surface area contributed by atoms with Crippen molar-refractivity contribution in [2.45, 2.75) is 26.2 Å². The molecule has 0 saturated carbocycles. The summed E-state index contributed by atoms with van der Waals surface area (Å²) in [6.45, 7) is 1.93. The molecule has 2 aromatic carbocycles. The van der Waals surface area contributed by atoms with Crippen molar-refractivity contribution in [3.8, 4) is 5.75 Å². The maximum absolute atomic E-state index is 11.3. The van der Waals surface area contributed by atoms with Gasteiger partial charge in [0.15, 0.2) is 0 Å². The van der Waals surface area contributed by atoms with E-state index < -0.39 is 5.97 Å². The number of aryl methyl sites for hydroxylation is 1. The fraction of sp³-hybridized carbons (Fsp3) is 0.238. The molecule has 0 aliphatic carbocycles. The normalized spacial score (nSPS) is 10.8. The number of hydrogen-bond acceptors (Lipinski definition) is 3. The number of thiocarbonyl (C=S) groups is 1. The SMILES string of the molecule is COc1ccc2c(c1)c(CC(=O)O)c(C)n2C(=S)CCc1ccccc1. The van der Waals surface area contributed by atoms with Gasteiger partial charge in [-0.1, -0.05) is 42.5 Å². The third-order valence-electron chi connectivity index (χ3n) is 4.59. The highest BCUT2D eigenvalue weighted by molar-refractivity contribution is 7.80. The van der Waals surface area contributed by atoms with Gasteiger partial charge in [0.2, 0.25) is 0 Å². The molecule has 3 aromatic rings. The number of aromatic nitrogens is 1. The first kappa shape index (κ1) is 18.1. The van der Waals surface area contributed by atoms with E-state index in [0.717, 1.165) is 40.0 Å². The van der Waals surface area contributed by atoms with Crippen LogP contribution in [0.2, 0.25) is 0 Å². The van der Waals surface area contributed by atoms with E-state index in [0.29, 0.717) is 5.75 Å². The first-order valence-corrected chi connectivity index (χ1v) is 8.89. The van der Waals surface area contributed by atoms with Gasteiger partial charge in [-0.15, -0.1) is 0 Å². The number of nitrogens with zero attached hydrogens (tertiary/aromatic N) is 1. The Bertz CT molecular complexity index is 960. The Labute approximate surface area is 158 Å². The van der Waals surface area contributed by atoms with E-state index in [-0.39, 0.29) is 6.42 Å². The average molecular weight is 367 g/mol. The van der Waals surface area contributed by atoms with Crippen molar-refractivity contribution in [3.63, 3.8) is 0 Å². The van der Waals surface area contributed by atoms with Crippen LogP contribution in [-0.4, -0.2) is 27.7 Å². The molecule has 0 bridgehead atoms. The Morgan fingerprint density at radius 3 is 2.58 bits per heavy atom. The molecule has 26 heavy (non-hydrogen) atoms. The summed E-state index contributed by atoms with van der Waals surface area (Å²) in [4.78, 5) is 12.1. The van der Waals surface area contributed by atoms with Gasteiger partial charge in [0.25, 0.3) is 0 Å². The van der Waals surface area contributed by atoms with Crippen LogP contribution >= 0.6 is 12.2 Å². The summed E-state index contributed by atoms with van der Waals surface area (Å²) in [6, 6.07) is 15.9. The van der Waals surface area contributed by atoms with Crippen LogP contribution in [0.25, 0.3) is 10.9 Å². The number of carboxylic acid groups (broad SMARTS) is 1. The van der Waals surface area contributed by atoms with Crippen molar-refractivity contribution in [3.05, 3.63) is 65.4 Å². The second-order valence-corrected chi connectivity index (χ2v) is 6.70. The molecule has 3 rings (SSSR count). The smallest absolute Gasteiger partial charge is 0.307 e. The van der Waals surface area contributed by atoms with Crippen LogP contribution in [0.4, 0.5) is 0 Å². The van der Waals surface area contributed by atoms with E-state index in [1.54, 1.807) is 7.11 Å². The Hall–Kier alpha value is -2.66. The van der Waals surface area contributed by atoms with Crippen molar-refractivity contribution in [1.29, 1.82) is 0 Å². The largest absolute Gasteiger partial charge is 0.497 e. The first-order chi connectivity index (χ1) is 12.5. The molecule has 0 aliphatic heterocycles. The summed E-state index contributed by atoms with van der Waals surface area (Å²) >= 11 is 5.71. The van der Waals surface area contributed by atoms with E-state index in [4.69, 9.17) is 17.0 Å². The highest BCUT2D eigenvalue weighted by Gasteiger charge is 2.19. The first-order valence-electron chi connectivity index (χ1n) is 8.48. The number of benzene rings is 2. The van der Waals surface area contributed by atoms with E-state index in [1.165, 1.54) is 5.56 Å². The number of rotatable bonds is 6. The van der Waals surface area contributed by atoms with Crippen molar-refractivity contribution in [2.75, 3.05) is 7.11 Å². The molecule has 0 fully saturated rings. The van der Waals surface area contributed by atoms with Gasteiger partial charge in [0, 0.05) is 17.5 Å². The van der Waals surface area contributed by atoms with Gasteiger partial charge in [0.05, 0.1) is 24.0 Å². The highest BCUT2D eigenvalue weighted by atomic mass is 32.1. The van der Waals surface area contributed by atoms with Crippen LogP contribution in [0.5, 0.6) is 5.75 Å². The third-order valence-corrected chi connectivity index (χ3v) is 4.98. The molecule has 0 aliphatic rings. The van der Waals surface area contributed by atoms with Gasteiger partial charge in [-0.2, -0.15) is 0 Å². The maximum Gasteiger partial charge on any atom is 0.307 e. The number of hydrogen-bond donors (Lipinski definition) is 1. The average Bonchev–Trinajstić information content (AvgIpc) is 2.91. The fourth-order valence-corrected chi connectivity index (χ4v) is 3.63. The maximum atomic E-state index is 11.3. The van der Waals surface area contributed by atoms with Crippen molar-refractivity contribution in [2.24, 2.45) is 0 Å². The van der Waals surface area contributed by atoms with Crippen molar-refractivity contribution < 1.29 is 14.6 Å². The van der Waals surface area contributed by atoms with Crippen LogP contribution in [0, 0.1) is 6.92 Å². The summed E-state index contributed by atoms with van der Waals surface area (Å²) < 4.78 is 7.31.